The first kappa shape index (κ1) is 23.4. The van der Waals surface area contributed by atoms with E-state index in [1.54, 1.807) is 11.8 Å². The molecule has 2 aliphatic carbocycles. The maximum atomic E-state index is 12.8. The number of fused-ring (bicyclic) bond motifs is 1. The van der Waals surface area contributed by atoms with E-state index in [-0.39, 0.29) is 23.8 Å². The predicted molar refractivity (Wildman–Crippen MR) is 132 cm³/mol. The maximum Gasteiger partial charge on any atom is 0.257 e. The fraction of sp³-hybridized carbons (Fsp3) is 0.615. The molecule has 2 saturated carbocycles. The second kappa shape index (κ2) is 10.9. The van der Waals surface area contributed by atoms with Gasteiger partial charge in [0.15, 0.2) is 0 Å². The van der Waals surface area contributed by atoms with Crippen LogP contribution < -0.4 is 10.6 Å². The van der Waals surface area contributed by atoms with Crippen LogP contribution >= 0.6 is 11.8 Å². The van der Waals surface area contributed by atoms with E-state index in [4.69, 9.17) is 0 Å². The maximum absolute atomic E-state index is 12.8. The molecule has 4 rings (SSSR count). The Bertz CT molecular complexity index is 849. The SMILES string of the molecule is Cc1cccc(/C=C2/SC3CCC(C(=O)NCCN(C)C4CCCCC4)CC3NC2=O)c1. The van der Waals surface area contributed by atoms with E-state index in [0.717, 1.165) is 36.3 Å². The third-order valence-corrected chi connectivity index (χ3v) is 8.70. The molecule has 3 unspecified atom stereocenters. The lowest BCUT2D eigenvalue weighted by Gasteiger charge is -2.39. The third-order valence-electron chi connectivity index (χ3n) is 7.28. The summed E-state index contributed by atoms with van der Waals surface area (Å²) in [6, 6.07) is 8.97. The molecule has 0 radical (unpaired) electrons. The van der Waals surface area contributed by atoms with Gasteiger partial charge in [0.1, 0.15) is 0 Å². The predicted octanol–water partition coefficient (Wildman–Crippen LogP) is 4.12. The van der Waals surface area contributed by atoms with Gasteiger partial charge in [0.25, 0.3) is 5.91 Å². The molecule has 1 aromatic carbocycles. The molecule has 0 bridgehead atoms. The number of aryl methyl sites for hydroxylation is 1. The van der Waals surface area contributed by atoms with Crippen LogP contribution in [-0.2, 0) is 9.59 Å². The molecule has 3 aliphatic rings. The molecule has 0 aromatic heterocycles. The molecule has 1 aliphatic heterocycles. The Labute approximate surface area is 196 Å². The van der Waals surface area contributed by atoms with Crippen molar-refractivity contribution in [2.24, 2.45) is 5.92 Å². The number of nitrogens with zero attached hydrogens (tertiary/aromatic N) is 1. The quantitative estimate of drug-likeness (QED) is 0.634. The number of carbonyl (C=O) groups is 2. The van der Waals surface area contributed by atoms with Crippen LogP contribution in [-0.4, -0.2) is 54.2 Å². The van der Waals surface area contributed by atoms with E-state index in [1.807, 2.05) is 18.2 Å². The zero-order valence-electron chi connectivity index (χ0n) is 19.4. The number of amides is 2. The van der Waals surface area contributed by atoms with Crippen molar-refractivity contribution in [1.82, 2.24) is 15.5 Å². The molecule has 0 spiro atoms. The van der Waals surface area contributed by atoms with Gasteiger partial charge in [-0.3, -0.25) is 9.59 Å². The van der Waals surface area contributed by atoms with E-state index in [0.29, 0.717) is 17.8 Å². The molecule has 2 N–H and O–H groups in total. The number of nitrogens with one attached hydrogen (secondary N) is 2. The van der Waals surface area contributed by atoms with Crippen LogP contribution in [0.1, 0.15) is 62.5 Å². The topological polar surface area (TPSA) is 61.4 Å². The number of hydrogen-bond donors (Lipinski definition) is 2. The summed E-state index contributed by atoms with van der Waals surface area (Å²) in [5.74, 6) is 0.146. The van der Waals surface area contributed by atoms with Crippen molar-refractivity contribution >= 4 is 29.7 Å². The molecular formula is C26H37N3O2S. The summed E-state index contributed by atoms with van der Waals surface area (Å²) < 4.78 is 0. The summed E-state index contributed by atoms with van der Waals surface area (Å²) in [7, 11) is 2.18. The minimum absolute atomic E-state index is 0.000519. The molecule has 5 nitrogen and oxygen atoms in total. The van der Waals surface area contributed by atoms with E-state index >= 15 is 0 Å². The number of hydrogen-bond acceptors (Lipinski definition) is 4. The van der Waals surface area contributed by atoms with Gasteiger partial charge < -0.3 is 15.5 Å². The van der Waals surface area contributed by atoms with Crippen molar-refractivity contribution in [3.8, 4) is 0 Å². The number of likely N-dealkylation sites (N-methyl/N-ethyl adjacent to an activating group) is 1. The first-order chi connectivity index (χ1) is 15.5. The van der Waals surface area contributed by atoms with Gasteiger partial charge in [0.2, 0.25) is 5.91 Å². The first-order valence-corrected chi connectivity index (χ1v) is 13.1. The monoisotopic (exact) mass is 455 g/mol. The number of benzene rings is 1. The average molecular weight is 456 g/mol. The van der Waals surface area contributed by atoms with Crippen molar-refractivity contribution in [3.63, 3.8) is 0 Å². The van der Waals surface area contributed by atoms with Crippen molar-refractivity contribution in [1.29, 1.82) is 0 Å². The minimum atomic E-state index is -0.00655. The van der Waals surface area contributed by atoms with Crippen molar-refractivity contribution < 1.29 is 9.59 Å². The Morgan fingerprint density at radius 2 is 2.03 bits per heavy atom. The smallest absolute Gasteiger partial charge is 0.257 e. The summed E-state index contributed by atoms with van der Waals surface area (Å²) in [6.45, 7) is 3.68. The Hall–Kier alpha value is -1.79. The molecule has 3 atom stereocenters. The normalized spacial score (nSPS) is 27.8. The second-order valence-corrected chi connectivity index (χ2v) is 11.0. The van der Waals surface area contributed by atoms with Crippen LogP contribution in [0.15, 0.2) is 29.2 Å². The van der Waals surface area contributed by atoms with Gasteiger partial charge in [0, 0.05) is 36.3 Å². The Kier molecular flexibility index (Phi) is 7.95. The lowest BCUT2D eigenvalue weighted by atomic mass is 9.84. The van der Waals surface area contributed by atoms with Crippen LogP contribution in [0, 0.1) is 12.8 Å². The highest BCUT2D eigenvalue weighted by Gasteiger charge is 2.39. The molecule has 32 heavy (non-hydrogen) atoms. The van der Waals surface area contributed by atoms with Crippen molar-refractivity contribution in [2.45, 2.75) is 75.6 Å². The highest BCUT2D eigenvalue weighted by atomic mass is 32.2. The van der Waals surface area contributed by atoms with Crippen molar-refractivity contribution in [2.75, 3.05) is 20.1 Å². The average Bonchev–Trinajstić information content (AvgIpc) is 2.79. The van der Waals surface area contributed by atoms with Gasteiger partial charge in [-0.25, -0.2) is 0 Å². The standard InChI is InChI=1S/C26H37N3O2S/c1-18-7-6-8-19(15-18)16-24-26(31)28-22-17-20(11-12-23(22)32-24)25(30)27-13-14-29(2)21-9-4-3-5-10-21/h6-8,15-16,20-23H,3-5,9-14,17H2,1-2H3,(H,27,30)(H,28,31)/b24-16+. The summed E-state index contributed by atoms with van der Waals surface area (Å²) >= 11 is 1.69. The Morgan fingerprint density at radius 1 is 1.22 bits per heavy atom. The van der Waals surface area contributed by atoms with E-state index in [1.165, 1.54) is 37.7 Å². The van der Waals surface area contributed by atoms with Gasteiger partial charge in [-0.2, -0.15) is 0 Å². The van der Waals surface area contributed by atoms with E-state index in [2.05, 4.69) is 41.6 Å². The molecule has 1 heterocycles. The number of thioether (sulfide) groups is 1. The van der Waals surface area contributed by atoms with Gasteiger partial charge in [-0.1, -0.05) is 49.1 Å². The fourth-order valence-corrected chi connectivity index (χ4v) is 6.64. The highest BCUT2D eigenvalue weighted by molar-refractivity contribution is 8.04. The highest BCUT2D eigenvalue weighted by Crippen LogP contribution is 2.40. The van der Waals surface area contributed by atoms with Crippen LogP contribution in [0.4, 0.5) is 0 Å². The largest absolute Gasteiger partial charge is 0.355 e. The summed E-state index contributed by atoms with van der Waals surface area (Å²) in [5.41, 5.74) is 2.25. The van der Waals surface area contributed by atoms with Crippen LogP contribution in [0.25, 0.3) is 6.08 Å². The van der Waals surface area contributed by atoms with Gasteiger partial charge in [0.05, 0.1) is 4.91 Å². The molecule has 3 fully saturated rings. The summed E-state index contributed by atoms with van der Waals surface area (Å²) in [4.78, 5) is 28.7. The van der Waals surface area contributed by atoms with Crippen LogP contribution in [0.2, 0.25) is 0 Å². The molecule has 6 heteroatoms. The van der Waals surface area contributed by atoms with E-state index < -0.39 is 0 Å². The lowest BCUT2D eigenvalue weighted by Crippen LogP contribution is -2.52. The molecule has 174 valence electrons. The van der Waals surface area contributed by atoms with Gasteiger partial charge >= 0.3 is 0 Å². The van der Waals surface area contributed by atoms with Gasteiger partial charge in [-0.15, -0.1) is 11.8 Å². The summed E-state index contributed by atoms with van der Waals surface area (Å²) in [5, 5.41) is 6.71. The number of carbonyl (C=O) groups excluding carboxylic acids is 2. The zero-order chi connectivity index (χ0) is 22.5. The second-order valence-electron chi connectivity index (χ2n) is 9.73. The lowest BCUT2D eigenvalue weighted by molar-refractivity contribution is -0.127. The molecule has 2 amide bonds. The first-order valence-electron chi connectivity index (χ1n) is 12.2. The minimum Gasteiger partial charge on any atom is -0.355 e. The Balaban J connectivity index is 1.25. The fourth-order valence-electron chi connectivity index (χ4n) is 5.34. The zero-order valence-corrected chi connectivity index (χ0v) is 20.3. The van der Waals surface area contributed by atoms with Crippen molar-refractivity contribution in [3.05, 3.63) is 40.3 Å². The summed E-state index contributed by atoms with van der Waals surface area (Å²) in [6.07, 6.45) is 11.2. The molecule has 1 aromatic rings. The number of rotatable bonds is 6. The van der Waals surface area contributed by atoms with Crippen LogP contribution in [0.3, 0.4) is 0 Å². The third kappa shape index (κ3) is 5.96. The Morgan fingerprint density at radius 3 is 2.81 bits per heavy atom. The van der Waals surface area contributed by atoms with E-state index in [9.17, 15) is 9.59 Å². The molecular weight excluding hydrogens is 418 g/mol. The molecule has 1 saturated heterocycles. The van der Waals surface area contributed by atoms with Gasteiger partial charge in [-0.05, 0) is 57.7 Å². The van der Waals surface area contributed by atoms with Crippen LogP contribution in [0.5, 0.6) is 0 Å².